The summed E-state index contributed by atoms with van der Waals surface area (Å²) in [5, 5.41) is 2.18. The van der Waals surface area contributed by atoms with E-state index in [-0.39, 0.29) is 6.04 Å². The van der Waals surface area contributed by atoms with Crippen molar-refractivity contribution >= 4 is 0 Å². The second kappa shape index (κ2) is 5.34. The van der Waals surface area contributed by atoms with E-state index >= 15 is 0 Å². The lowest BCUT2D eigenvalue weighted by Gasteiger charge is -2.30. The van der Waals surface area contributed by atoms with Crippen LogP contribution < -0.4 is 5.43 Å². The molecular weight excluding hydrogens is 204 g/mol. The fraction of sp³-hybridized carbons (Fsp3) is 0.636. The Labute approximate surface area is 95.8 Å². The van der Waals surface area contributed by atoms with Gasteiger partial charge < -0.3 is 4.74 Å². The van der Waals surface area contributed by atoms with Gasteiger partial charge in [0.25, 0.3) is 0 Å². The minimum atomic E-state index is 0.187. The highest BCUT2D eigenvalue weighted by molar-refractivity contribution is 5.12. The molecule has 2 heterocycles. The molecule has 1 atom stereocenters. The number of morpholine rings is 1. The molecule has 0 saturated carbocycles. The molecule has 0 aromatic carbocycles. The predicted octanol–water partition coefficient (Wildman–Crippen LogP) is 0.683. The fourth-order valence-electron chi connectivity index (χ4n) is 1.87. The van der Waals surface area contributed by atoms with Crippen molar-refractivity contribution in [3.05, 3.63) is 23.8 Å². The van der Waals surface area contributed by atoms with E-state index in [4.69, 9.17) is 4.74 Å². The molecule has 1 fully saturated rings. The van der Waals surface area contributed by atoms with E-state index < -0.39 is 0 Å². The summed E-state index contributed by atoms with van der Waals surface area (Å²) in [6.07, 6.45) is 3.46. The summed E-state index contributed by atoms with van der Waals surface area (Å²) in [5.41, 5.74) is 5.42. The van der Waals surface area contributed by atoms with E-state index in [1.807, 2.05) is 6.92 Å². The van der Waals surface area contributed by atoms with Crippen LogP contribution in [-0.2, 0) is 4.74 Å². The molecule has 1 aromatic rings. The van der Waals surface area contributed by atoms with E-state index in [0.717, 1.165) is 37.7 Å². The largest absolute Gasteiger partial charge is 0.379 e. The number of aryl methyl sites for hydroxylation is 1. The van der Waals surface area contributed by atoms with E-state index in [9.17, 15) is 0 Å². The van der Waals surface area contributed by atoms with Crippen LogP contribution in [-0.4, -0.2) is 41.3 Å². The quantitative estimate of drug-likeness (QED) is 0.815. The van der Waals surface area contributed by atoms with Gasteiger partial charge in [-0.3, -0.25) is 9.97 Å². The topological polar surface area (TPSA) is 50.3 Å². The molecule has 0 amide bonds. The van der Waals surface area contributed by atoms with Gasteiger partial charge >= 0.3 is 0 Å². The maximum absolute atomic E-state index is 5.30. The molecule has 88 valence electrons. The lowest BCUT2D eigenvalue weighted by Crippen LogP contribution is -2.46. The number of nitrogens with one attached hydrogen (secondary N) is 1. The van der Waals surface area contributed by atoms with Crippen molar-refractivity contribution in [3.8, 4) is 0 Å². The molecule has 1 unspecified atom stereocenters. The summed E-state index contributed by atoms with van der Waals surface area (Å²) in [6, 6.07) is 0.187. The average Bonchev–Trinajstić information content (AvgIpc) is 2.31. The highest BCUT2D eigenvalue weighted by atomic mass is 16.5. The first-order valence-corrected chi connectivity index (χ1v) is 5.64. The zero-order valence-corrected chi connectivity index (χ0v) is 9.81. The van der Waals surface area contributed by atoms with Crippen molar-refractivity contribution in [1.82, 2.24) is 20.4 Å². The smallest absolute Gasteiger partial charge is 0.0796 e. The van der Waals surface area contributed by atoms with Gasteiger partial charge in [-0.25, -0.2) is 10.4 Å². The third-order valence-electron chi connectivity index (χ3n) is 2.72. The van der Waals surface area contributed by atoms with Crippen molar-refractivity contribution in [2.75, 3.05) is 26.3 Å². The highest BCUT2D eigenvalue weighted by Gasteiger charge is 2.16. The van der Waals surface area contributed by atoms with Gasteiger partial charge in [0.05, 0.1) is 30.6 Å². The van der Waals surface area contributed by atoms with Crippen molar-refractivity contribution < 1.29 is 4.74 Å². The SMILES string of the molecule is Cc1nccnc1C(C)NN1CCOCC1. The molecule has 0 bridgehead atoms. The van der Waals surface area contributed by atoms with Gasteiger partial charge in [0.2, 0.25) is 0 Å². The lowest BCUT2D eigenvalue weighted by molar-refractivity contribution is 0.00445. The minimum absolute atomic E-state index is 0.187. The molecule has 1 aromatic heterocycles. The Kier molecular flexibility index (Phi) is 3.82. The van der Waals surface area contributed by atoms with E-state index in [0.29, 0.717) is 0 Å². The first-order chi connectivity index (χ1) is 7.77. The zero-order valence-electron chi connectivity index (χ0n) is 9.81. The number of rotatable bonds is 3. The number of ether oxygens (including phenoxy) is 1. The maximum Gasteiger partial charge on any atom is 0.0796 e. The summed E-state index contributed by atoms with van der Waals surface area (Å²) in [6.45, 7) is 7.51. The molecule has 0 aliphatic carbocycles. The van der Waals surface area contributed by atoms with Crippen LogP contribution in [0.25, 0.3) is 0 Å². The Morgan fingerprint density at radius 1 is 1.31 bits per heavy atom. The van der Waals surface area contributed by atoms with Gasteiger partial charge in [-0.05, 0) is 13.8 Å². The second-order valence-electron chi connectivity index (χ2n) is 3.98. The normalized spacial score (nSPS) is 19.6. The Morgan fingerprint density at radius 2 is 2.00 bits per heavy atom. The van der Waals surface area contributed by atoms with Crippen LogP contribution >= 0.6 is 0 Å². The van der Waals surface area contributed by atoms with E-state index in [1.165, 1.54) is 0 Å². The molecule has 5 nitrogen and oxygen atoms in total. The van der Waals surface area contributed by atoms with E-state index in [1.54, 1.807) is 12.4 Å². The summed E-state index contributed by atoms with van der Waals surface area (Å²) in [5.74, 6) is 0. The number of nitrogens with zero attached hydrogens (tertiary/aromatic N) is 3. The predicted molar refractivity (Wildman–Crippen MR) is 60.7 cm³/mol. The molecule has 1 saturated heterocycles. The van der Waals surface area contributed by atoms with Crippen LogP contribution in [0.3, 0.4) is 0 Å². The average molecular weight is 222 g/mol. The van der Waals surface area contributed by atoms with Crippen LogP contribution in [0.15, 0.2) is 12.4 Å². The molecule has 0 spiro atoms. The van der Waals surface area contributed by atoms with Crippen molar-refractivity contribution in [2.24, 2.45) is 0 Å². The minimum Gasteiger partial charge on any atom is -0.379 e. The van der Waals surface area contributed by atoms with Gasteiger partial charge in [-0.15, -0.1) is 0 Å². The Morgan fingerprint density at radius 3 is 2.69 bits per heavy atom. The number of hydrogen-bond donors (Lipinski definition) is 1. The number of aromatic nitrogens is 2. The summed E-state index contributed by atoms with van der Waals surface area (Å²) < 4.78 is 5.30. The third-order valence-corrected chi connectivity index (χ3v) is 2.72. The fourth-order valence-corrected chi connectivity index (χ4v) is 1.87. The maximum atomic E-state index is 5.30. The van der Waals surface area contributed by atoms with E-state index in [2.05, 4.69) is 27.3 Å². The molecule has 1 aliphatic rings. The van der Waals surface area contributed by atoms with Gasteiger partial charge in [0.15, 0.2) is 0 Å². The van der Waals surface area contributed by atoms with Crippen LogP contribution in [0.4, 0.5) is 0 Å². The van der Waals surface area contributed by atoms with Gasteiger partial charge in [0.1, 0.15) is 0 Å². The molecule has 16 heavy (non-hydrogen) atoms. The second-order valence-corrected chi connectivity index (χ2v) is 3.98. The molecule has 1 N–H and O–H groups in total. The van der Waals surface area contributed by atoms with Gasteiger partial charge in [-0.1, -0.05) is 0 Å². The molecule has 5 heteroatoms. The highest BCUT2D eigenvalue weighted by Crippen LogP contribution is 2.12. The summed E-state index contributed by atoms with van der Waals surface area (Å²) in [4.78, 5) is 8.61. The van der Waals surface area contributed by atoms with Crippen molar-refractivity contribution in [1.29, 1.82) is 0 Å². The zero-order chi connectivity index (χ0) is 11.4. The van der Waals surface area contributed by atoms with Gasteiger partial charge in [-0.2, -0.15) is 0 Å². The van der Waals surface area contributed by atoms with Crippen LogP contribution in [0, 0.1) is 6.92 Å². The lowest BCUT2D eigenvalue weighted by atomic mass is 10.2. The Bertz CT molecular complexity index is 339. The molecule has 2 rings (SSSR count). The first kappa shape index (κ1) is 11.4. The molecule has 1 aliphatic heterocycles. The first-order valence-electron chi connectivity index (χ1n) is 5.64. The van der Waals surface area contributed by atoms with Crippen LogP contribution in [0.1, 0.15) is 24.4 Å². The van der Waals surface area contributed by atoms with Crippen LogP contribution in [0.2, 0.25) is 0 Å². The summed E-state index contributed by atoms with van der Waals surface area (Å²) in [7, 11) is 0. The Hall–Kier alpha value is -1.04. The molecular formula is C11H18N4O. The van der Waals surface area contributed by atoms with Crippen molar-refractivity contribution in [3.63, 3.8) is 0 Å². The Balaban J connectivity index is 1.96. The van der Waals surface area contributed by atoms with Crippen molar-refractivity contribution in [2.45, 2.75) is 19.9 Å². The van der Waals surface area contributed by atoms with Gasteiger partial charge in [0, 0.05) is 25.5 Å². The number of hydrogen-bond acceptors (Lipinski definition) is 5. The number of hydrazine groups is 1. The third kappa shape index (κ3) is 2.75. The van der Waals surface area contributed by atoms with Crippen LogP contribution in [0.5, 0.6) is 0 Å². The molecule has 0 radical (unpaired) electrons. The monoisotopic (exact) mass is 222 g/mol. The summed E-state index contributed by atoms with van der Waals surface area (Å²) >= 11 is 0. The standard InChI is InChI=1S/C11H18N4O/c1-9-11(13-4-3-12-9)10(2)14-15-5-7-16-8-6-15/h3-4,10,14H,5-8H2,1-2H3.